The van der Waals surface area contributed by atoms with Gasteiger partial charge in [0.05, 0.1) is 13.2 Å². The highest BCUT2D eigenvalue weighted by atomic mass is 16.7. The van der Waals surface area contributed by atoms with Gasteiger partial charge in [-0.1, -0.05) is 51.9 Å². The van der Waals surface area contributed by atoms with Gasteiger partial charge in [0, 0.05) is 12.3 Å². The summed E-state index contributed by atoms with van der Waals surface area (Å²) in [6.45, 7) is 3.91. The molecule has 2 fully saturated rings. The van der Waals surface area contributed by atoms with Gasteiger partial charge in [-0.3, -0.25) is 0 Å². The van der Waals surface area contributed by atoms with Gasteiger partial charge >= 0.3 is 0 Å². The molecule has 1 saturated heterocycles. The molecule has 1 unspecified atom stereocenters. The monoisotopic (exact) mass is 240 g/mol. The lowest BCUT2D eigenvalue weighted by Crippen LogP contribution is -2.37. The first-order chi connectivity index (χ1) is 8.33. The lowest BCUT2D eigenvalue weighted by molar-refractivity contribution is -0.198. The summed E-state index contributed by atoms with van der Waals surface area (Å²) in [5, 5.41) is 0. The maximum absolute atomic E-state index is 5.98. The molecule has 1 atom stereocenters. The number of ether oxygens (including phenoxy) is 2. The van der Waals surface area contributed by atoms with Gasteiger partial charge in [-0.05, 0) is 12.8 Å². The Morgan fingerprint density at radius 3 is 1.94 bits per heavy atom. The molecule has 0 bridgehead atoms. The molecule has 1 aliphatic carbocycles. The molecule has 0 aromatic heterocycles. The van der Waals surface area contributed by atoms with E-state index in [-0.39, 0.29) is 5.79 Å². The molecular formula is C15H28O2. The quantitative estimate of drug-likeness (QED) is 0.629. The second-order valence-corrected chi connectivity index (χ2v) is 5.78. The van der Waals surface area contributed by atoms with Crippen LogP contribution in [0.15, 0.2) is 0 Å². The van der Waals surface area contributed by atoms with E-state index in [1.54, 1.807) is 0 Å². The summed E-state index contributed by atoms with van der Waals surface area (Å²) in [4.78, 5) is 0. The Bertz CT molecular complexity index is 209. The highest BCUT2D eigenvalue weighted by Gasteiger charge is 2.40. The van der Waals surface area contributed by atoms with E-state index in [1.807, 2.05) is 0 Å². The molecule has 1 saturated carbocycles. The third kappa shape index (κ3) is 3.69. The van der Waals surface area contributed by atoms with Crippen LogP contribution >= 0.6 is 0 Å². The van der Waals surface area contributed by atoms with Gasteiger partial charge in [0.15, 0.2) is 5.79 Å². The number of hydrogen-bond donors (Lipinski definition) is 0. The normalized spacial score (nSPS) is 31.9. The lowest BCUT2D eigenvalue weighted by atomic mass is 9.89. The zero-order chi connectivity index (χ0) is 12.0. The molecule has 2 aliphatic rings. The smallest absolute Gasteiger partial charge is 0.171 e. The van der Waals surface area contributed by atoms with E-state index >= 15 is 0 Å². The van der Waals surface area contributed by atoms with Crippen molar-refractivity contribution in [1.82, 2.24) is 0 Å². The van der Waals surface area contributed by atoms with Crippen molar-refractivity contribution in [2.75, 3.05) is 13.2 Å². The third-order valence-electron chi connectivity index (χ3n) is 4.44. The summed E-state index contributed by atoms with van der Waals surface area (Å²) in [7, 11) is 0. The molecule has 2 rings (SSSR count). The summed E-state index contributed by atoms with van der Waals surface area (Å²) in [5.41, 5.74) is 0. The van der Waals surface area contributed by atoms with Crippen LogP contribution in [-0.2, 0) is 9.47 Å². The highest BCUT2D eigenvalue weighted by Crippen LogP contribution is 2.36. The molecule has 0 amide bonds. The molecule has 0 aromatic rings. The molecule has 2 heteroatoms. The fourth-order valence-corrected chi connectivity index (χ4v) is 3.25. The zero-order valence-corrected chi connectivity index (χ0v) is 11.4. The van der Waals surface area contributed by atoms with Gasteiger partial charge in [-0.25, -0.2) is 0 Å². The van der Waals surface area contributed by atoms with Crippen LogP contribution in [0, 0.1) is 5.92 Å². The van der Waals surface area contributed by atoms with E-state index in [0.29, 0.717) is 5.92 Å². The second kappa shape index (κ2) is 6.75. The summed E-state index contributed by atoms with van der Waals surface area (Å²) in [6.07, 6.45) is 13.4. The Kier molecular flexibility index (Phi) is 5.30. The molecule has 0 radical (unpaired) electrons. The summed E-state index contributed by atoms with van der Waals surface area (Å²) in [5.74, 6) is 0.337. The van der Waals surface area contributed by atoms with E-state index < -0.39 is 0 Å². The maximum Gasteiger partial charge on any atom is 0.171 e. The summed E-state index contributed by atoms with van der Waals surface area (Å²) < 4.78 is 12.0. The fraction of sp³-hybridized carbons (Fsp3) is 1.00. The third-order valence-corrected chi connectivity index (χ3v) is 4.44. The van der Waals surface area contributed by atoms with Crippen LogP contribution in [0.5, 0.6) is 0 Å². The molecule has 17 heavy (non-hydrogen) atoms. The van der Waals surface area contributed by atoms with Gasteiger partial charge in [0.2, 0.25) is 0 Å². The van der Waals surface area contributed by atoms with E-state index in [0.717, 1.165) is 19.6 Å². The Morgan fingerprint density at radius 2 is 1.29 bits per heavy atom. The van der Waals surface area contributed by atoms with Crippen LogP contribution in [0.1, 0.15) is 71.1 Å². The lowest BCUT2D eigenvalue weighted by Gasteiger charge is -2.34. The molecule has 0 N–H and O–H groups in total. The molecule has 1 heterocycles. The molecule has 100 valence electrons. The van der Waals surface area contributed by atoms with E-state index in [4.69, 9.17) is 9.47 Å². The minimum absolute atomic E-state index is 0.223. The highest BCUT2D eigenvalue weighted by molar-refractivity contribution is 4.80. The molecule has 2 nitrogen and oxygen atoms in total. The minimum atomic E-state index is -0.223. The predicted molar refractivity (Wildman–Crippen MR) is 70.0 cm³/mol. The van der Waals surface area contributed by atoms with Gasteiger partial charge < -0.3 is 9.47 Å². The van der Waals surface area contributed by atoms with Crippen LogP contribution in [0.3, 0.4) is 0 Å². The van der Waals surface area contributed by atoms with E-state index in [2.05, 4.69) is 6.92 Å². The zero-order valence-electron chi connectivity index (χ0n) is 11.4. The van der Waals surface area contributed by atoms with Crippen molar-refractivity contribution in [2.45, 2.75) is 76.9 Å². The van der Waals surface area contributed by atoms with Crippen LogP contribution < -0.4 is 0 Å². The Hall–Kier alpha value is -0.0800. The van der Waals surface area contributed by atoms with Crippen molar-refractivity contribution in [3.05, 3.63) is 0 Å². The van der Waals surface area contributed by atoms with Crippen molar-refractivity contribution in [3.8, 4) is 0 Å². The van der Waals surface area contributed by atoms with E-state index in [9.17, 15) is 0 Å². The fourth-order valence-electron chi connectivity index (χ4n) is 3.25. The van der Waals surface area contributed by atoms with Gasteiger partial charge in [-0.2, -0.15) is 0 Å². The standard InChI is InChI=1S/C15H28O2/c1-14-10-8-6-4-2-3-5-7-9-11-15(14)16-12-13-17-15/h14H,2-13H2,1H3. The van der Waals surface area contributed by atoms with Crippen molar-refractivity contribution >= 4 is 0 Å². The molecule has 1 spiro atoms. The first kappa shape index (κ1) is 13.4. The SMILES string of the molecule is CC1CCCCCCCCCCC12OCCO2. The second-order valence-electron chi connectivity index (χ2n) is 5.78. The Labute approximate surface area is 106 Å². The van der Waals surface area contributed by atoms with Crippen molar-refractivity contribution in [3.63, 3.8) is 0 Å². The van der Waals surface area contributed by atoms with Crippen molar-refractivity contribution < 1.29 is 9.47 Å². The van der Waals surface area contributed by atoms with Crippen molar-refractivity contribution in [2.24, 2.45) is 5.92 Å². The van der Waals surface area contributed by atoms with Crippen LogP contribution in [0.4, 0.5) is 0 Å². The average Bonchev–Trinajstić information content (AvgIpc) is 2.80. The van der Waals surface area contributed by atoms with Gasteiger partial charge in [-0.15, -0.1) is 0 Å². The predicted octanol–water partition coefficient (Wildman–Crippen LogP) is 4.28. The minimum Gasteiger partial charge on any atom is -0.347 e. The number of rotatable bonds is 0. The molecule has 0 aromatic carbocycles. The topological polar surface area (TPSA) is 18.5 Å². The van der Waals surface area contributed by atoms with Gasteiger partial charge in [0.1, 0.15) is 0 Å². The maximum atomic E-state index is 5.98. The van der Waals surface area contributed by atoms with Crippen LogP contribution in [-0.4, -0.2) is 19.0 Å². The Balaban J connectivity index is 1.90. The molecule has 1 aliphatic heterocycles. The molecular weight excluding hydrogens is 212 g/mol. The number of hydrogen-bond acceptors (Lipinski definition) is 2. The largest absolute Gasteiger partial charge is 0.347 e. The Morgan fingerprint density at radius 1 is 0.765 bits per heavy atom. The van der Waals surface area contributed by atoms with E-state index in [1.165, 1.54) is 57.8 Å². The average molecular weight is 240 g/mol. The summed E-state index contributed by atoms with van der Waals surface area (Å²) >= 11 is 0. The first-order valence-electron chi connectivity index (χ1n) is 7.61. The van der Waals surface area contributed by atoms with Gasteiger partial charge in [0.25, 0.3) is 0 Å². The van der Waals surface area contributed by atoms with Crippen molar-refractivity contribution in [1.29, 1.82) is 0 Å². The first-order valence-corrected chi connectivity index (χ1v) is 7.61. The van der Waals surface area contributed by atoms with Crippen LogP contribution in [0.25, 0.3) is 0 Å². The summed E-state index contributed by atoms with van der Waals surface area (Å²) in [6, 6.07) is 0. The van der Waals surface area contributed by atoms with Crippen LogP contribution in [0.2, 0.25) is 0 Å².